The lowest BCUT2D eigenvalue weighted by molar-refractivity contribution is -0.128. The van der Waals surface area contributed by atoms with Gasteiger partial charge in [-0.15, -0.1) is 0 Å². The zero-order valence-electron chi connectivity index (χ0n) is 16.3. The van der Waals surface area contributed by atoms with Crippen molar-refractivity contribution >= 4 is 43.8 Å². The number of carbonyl (C=O) groups excluding carboxylic acids is 1. The van der Waals surface area contributed by atoms with E-state index >= 15 is 0 Å². The number of fused-ring (bicyclic) bond motifs is 3. The van der Waals surface area contributed by atoms with E-state index in [0.29, 0.717) is 29.9 Å². The largest absolute Gasteiger partial charge is 0.493 e. The molecule has 3 aromatic carbocycles. The summed E-state index contributed by atoms with van der Waals surface area (Å²) in [5.41, 5.74) is 3.05. The van der Waals surface area contributed by atoms with E-state index in [1.807, 2.05) is 36.4 Å². The van der Waals surface area contributed by atoms with Gasteiger partial charge in [-0.2, -0.15) is 0 Å². The van der Waals surface area contributed by atoms with Crippen molar-refractivity contribution in [2.45, 2.75) is 18.9 Å². The highest BCUT2D eigenvalue weighted by atomic mass is 79.9. The molecule has 0 spiro atoms. The fourth-order valence-corrected chi connectivity index (χ4v) is 4.74. The number of methoxy groups -OCH3 is 1. The van der Waals surface area contributed by atoms with E-state index in [1.54, 1.807) is 24.1 Å². The van der Waals surface area contributed by atoms with Crippen LogP contribution in [0.15, 0.2) is 63.5 Å². The molecule has 2 heterocycles. The van der Waals surface area contributed by atoms with Gasteiger partial charge in [0, 0.05) is 46.2 Å². The number of nitrogens with zero attached hydrogens (tertiary/aromatic N) is 1. The van der Waals surface area contributed by atoms with E-state index in [-0.39, 0.29) is 24.2 Å². The van der Waals surface area contributed by atoms with Crippen LogP contribution in [0, 0.1) is 5.82 Å². The van der Waals surface area contributed by atoms with Crippen LogP contribution >= 0.6 is 15.9 Å². The SMILES string of the molecule is COc1ccc(C2CC(=O)N(Cc3cc(Br)ccc3F)C2)c2c1oc1ccccc12. The van der Waals surface area contributed by atoms with Gasteiger partial charge < -0.3 is 14.1 Å². The summed E-state index contributed by atoms with van der Waals surface area (Å²) >= 11 is 3.38. The molecule has 1 atom stereocenters. The molecule has 0 saturated carbocycles. The zero-order chi connectivity index (χ0) is 20.8. The highest BCUT2D eigenvalue weighted by molar-refractivity contribution is 9.10. The zero-order valence-corrected chi connectivity index (χ0v) is 17.9. The molecule has 0 radical (unpaired) electrons. The number of amides is 1. The highest BCUT2D eigenvalue weighted by Gasteiger charge is 2.33. The summed E-state index contributed by atoms with van der Waals surface area (Å²) in [5, 5.41) is 1.99. The van der Waals surface area contributed by atoms with Crippen LogP contribution in [0.3, 0.4) is 0 Å². The van der Waals surface area contributed by atoms with Crippen LogP contribution in [0.25, 0.3) is 21.9 Å². The van der Waals surface area contributed by atoms with E-state index < -0.39 is 0 Å². The molecule has 6 heteroatoms. The maximum Gasteiger partial charge on any atom is 0.223 e. The molecule has 5 rings (SSSR count). The Hall–Kier alpha value is -2.86. The summed E-state index contributed by atoms with van der Waals surface area (Å²) in [7, 11) is 1.62. The highest BCUT2D eigenvalue weighted by Crippen LogP contribution is 2.42. The first kappa shape index (κ1) is 19.1. The first-order valence-corrected chi connectivity index (χ1v) is 10.5. The van der Waals surface area contributed by atoms with Gasteiger partial charge in [-0.3, -0.25) is 4.79 Å². The van der Waals surface area contributed by atoms with Gasteiger partial charge in [0.1, 0.15) is 11.4 Å². The van der Waals surface area contributed by atoms with Gasteiger partial charge in [-0.25, -0.2) is 4.39 Å². The second-order valence-electron chi connectivity index (χ2n) is 7.57. The van der Waals surface area contributed by atoms with Gasteiger partial charge in [0.2, 0.25) is 5.91 Å². The van der Waals surface area contributed by atoms with Gasteiger partial charge >= 0.3 is 0 Å². The number of halogens is 2. The maximum atomic E-state index is 14.2. The summed E-state index contributed by atoms with van der Waals surface area (Å²) in [6, 6.07) is 16.6. The Labute approximate surface area is 181 Å². The molecule has 1 fully saturated rings. The lowest BCUT2D eigenvalue weighted by Crippen LogP contribution is -2.25. The predicted octanol–water partition coefficient (Wildman–Crippen LogP) is 6.01. The molecule has 4 nitrogen and oxygen atoms in total. The molecule has 0 N–H and O–H groups in total. The second-order valence-corrected chi connectivity index (χ2v) is 8.49. The molecule has 1 aliphatic rings. The molecule has 30 heavy (non-hydrogen) atoms. The molecular formula is C24H19BrFNO3. The topological polar surface area (TPSA) is 42.7 Å². The van der Waals surface area contributed by atoms with Gasteiger partial charge in [0.25, 0.3) is 0 Å². The first-order valence-electron chi connectivity index (χ1n) is 9.75. The Kier molecular flexibility index (Phi) is 4.74. The monoisotopic (exact) mass is 467 g/mol. The number of benzene rings is 3. The van der Waals surface area contributed by atoms with Crippen LogP contribution in [-0.4, -0.2) is 24.5 Å². The Morgan fingerprint density at radius 1 is 1.20 bits per heavy atom. The smallest absolute Gasteiger partial charge is 0.223 e. The van der Waals surface area contributed by atoms with Crippen molar-refractivity contribution in [1.29, 1.82) is 0 Å². The lowest BCUT2D eigenvalue weighted by Gasteiger charge is -2.18. The quantitative estimate of drug-likeness (QED) is 0.368. The fourth-order valence-electron chi connectivity index (χ4n) is 4.33. The normalized spacial score (nSPS) is 16.7. The Bertz CT molecular complexity index is 1280. The van der Waals surface area contributed by atoms with E-state index in [1.165, 1.54) is 6.07 Å². The average Bonchev–Trinajstić information content (AvgIpc) is 3.31. The average molecular weight is 468 g/mol. The van der Waals surface area contributed by atoms with Crippen LogP contribution < -0.4 is 4.74 Å². The lowest BCUT2D eigenvalue weighted by atomic mass is 9.93. The number of furan rings is 1. The van der Waals surface area contributed by atoms with E-state index in [0.717, 1.165) is 26.4 Å². The predicted molar refractivity (Wildman–Crippen MR) is 117 cm³/mol. The van der Waals surface area contributed by atoms with Crippen molar-refractivity contribution in [2.24, 2.45) is 0 Å². The molecule has 1 aromatic heterocycles. The third-order valence-corrected chi connectivity index (χ3v) is 6.26. The standard InChI is InChI=1S/C24H19BrFNO3/c1-29-21-9-7-17(23-18-4-2-3-5-20(18)30-24(21)23)14-11-22(28)27(12-14)13-15-10-16(25)6-8-19(15)26/h2-10,14H,11-13H2,1H3. The molecule has 152 valence electrons. The minimum Gasteiger partial charge on any atom is -0.493 e. The number of ether oxygens (including phenoxy) is 1. The van der Waals surface area contributed by atoms with E-state index in [9.17, 15) is 9.18 Å². The van der Waals surface area contributed by atoms with E-state index in [2.05, 4.69) is 15.9 Å². The van der Waals surface area contributed by atoms with Crippen molar-refractivity contribution in [3.63, 3.8) is 0 Å². The first-order chi connectivity index (χ1) is 14.5. The fraction of sp³-hybridized carbons (Fsp3) is 0.208. The van der Waals surface area contributed by atoms with Crippen LogP contribution in [0.5, 0.6) is 5.75 Å². The molecule has 4 aromatic rings. The molecule has 1 saturated heterocycles. The molecular weight excluding hydrogens is 449 g/mol. The number of para-hydroxylation sites is 1. The van der Waals surface area contributed by atoms with Crippen LogP contribution in [-0.2, 0) is 11.3 Å². The number of hydrogen-bond acceptors (Lipinski definition) is 3. The number of rotatable bonds is 4. The summed E-state index contributed by atoms with van der Waals surface area (Å²) < 4.78 is 26.6. The third kappa shape index (κ3) is 3.16. The third-order valence-electron chi connectivity index (χ3n) is 5.77. The van der Waals surface area contributed by atoms with Crippen molar-refractivity contribution < 1.29 is 18.3 Å². The van der Waals surface area contributed by atoms with Crippen molar-refractivity contribution in [3.8, 4) is 5.75 Å². The maximum absolute atomic E-state index is 14.2. The van der Waals surface area contributed by atoms with Crippen molar-refractivity contribution in [1.82, 2.24) is 4.90 Å². The number of hydrogen-bond donors (Lipinski definition) is 0. The van der Waals surface area contributed by atoms with E-state index in [4.69, 9.17) is 9.15 Å². The Morgan fingerprint density at radius 3 is 2.87 bits per heavy atom. The van der Waals surface area contributed by atoms with Gasteiger partial charge in [0.05, 0.1) is 7.11 Å². The van der Waals surface area contributed by atoms with Crippen molar-refractivity contribution in [3.05, 3.63) is 76.0 Å². The Morgan fingerprint density at radius 2 is 2.03 bits per heavy atom. The molecule has 1 amide bonds. The summed E-state index contributed by atoms with van der Waals surface area (Å²) in [6.45, 7) is 0.789. The van der Waals surface area contributed by atoms with Crippen LogP contribution in [0.1, 0.15) is 23.5 Å². The van der Waals surface area contributed by atoms with Crippen LogP contribution in [0.2, 0.25) is 0 Å². The molecule has 0 aliphatic carbocycles. The minimum absolute atomic E-state index is 0.00197. The number of likely N-dealkylation sites (tertiary alicyclic amines) is 1. The summed E-state index contributed by atoms with van der Waals surface area (Å²) in [5.74, 6) is 0.391. The molecule has 1 unspecified atom stereocenters. The van der Waals surface area contributed by atoms with Crippen molar-refractivity contribution in [2.75, 3.05) is 13.7 Å². The van der Waals surface area contributed by atoms with Gasteiger partial charge in [0.15, 0.2) is 11.3 Å². The molecule has 0 bridgehead atoms. The molecule has 1 aliphatic heterocycles. The summed E-state index contributed by atoms with van der Waals surface area (Å²) in [6.07, 6.45) is 0.385. The summed E-state index contributed by atoms with van der Waals surface area (Å²) in [4.78, 5) is 14.5. The second kappa shape index (κ2) is 7.43. The van der Waals surface area contributed by atoms with Crippen LogP contribution in [0.4, 0.5) is 4.39 Å². The van der Waals surface area contributed by atoms with Gasteiger partial charge in [-0.1, -0.05) is 40.2 Å². The Balaban J connectivity index is 1.53. The minimum atomic E-state index is -0.304. The van der Waals surface area contributed by atoms with Gasteiger partial charge in [-0.05, 0) is 35.9 Å². The number of carbonyl (C=O) groups is 1.